The van der Waals surface area contributed by atoms with Gasteiger partial charge in [0.05, 0.1) is 6.61 Å². The highest BCUT2D eigenvalue weighted by Crippen LogP contribution is 2.49. The Morgan fingerprint density at radius 3 is 1.95 bits per heavy atom. The SMILES string of the molecule is C=C(CC(F)(F)C(F)(F)C(F)(F)S(N)(=O)=O)C(=O)OCC. The molecule has 0 aliphatic rings. The van der Waals surface area contributed by atoms with E-state index < -0.39 is 45.1 Å². The highest BCUT2D eigenvalue weighted by atomic mass is 32.2. The summed E-state index contributed by atoms with van der Waals surface area (Å²) in [4.78, 5) is 11.0. The Labute approximate surface area is 115 Å². The Morgan fingerprint density at radius 2 is 1.62 bits per heavy atom. The summed E-state index contributed by atoms with van der Waals surface area (Å²) in [6.45, 7) is 3.68. The molecule has 5 nitrogen and oxygen atoms in total. The van der Waals surface area contributed by atoms with Crippen molar-refractivity contribution in [3.8, 4) is 0 Å². The summed E-state index contributed by atoms with van der Waals surface area (Å²) in [6.07, 6.45) is -2.23. The molecule has 0 rings (SSSR count). The number of esters is 1. The number of ether oxygens (including phenoxy) is 1. The molecule has 0 aliphatic heterocycles. The van der Waals surface area contributed by atoms with E-state index in [0.717, 1.165) is 0 Å². The summed E-state index contributed by atoms with van der Waals surface area (Å²) < 4.78 is 104. The van der Waals surface area contributed by atoms with E-state index in [-0.39, 0.29) is 6.61 Å². The lowest BCUT2D eigenvalue weighted by atomic mass is 10.0. The molecule has 0 aromatic carbocycles. The average Bonchev–Trinajstić information content (AvgIpc) is 2.26. The average molecular weight is 343 g/mol. The lowest BCUT2D eigenvalue weighted by Crippen LogP contribution is -2.59. The number of carbonyl (C=O) groups excluding carboxylic acids is 1. The zero-order chi connectivity index (χ0) is 17.3. The van der Waals surface area contributed by atoms with Gasteiger partial charge < -0.3 is 4.74 Å². The minimum atomic E-state index is -6.36. The van der Waals surface area contributed by atoms with Crippen LogP contribution in [0.2, 0.25) is 0 Å². The summed E-state index contributed by atoms with van der Waals surface area (Å²) in [5.74, 6) is -13.5. The third-order valence-corrected chi connectivity index (χ3v) is 3.15. The van der Waals surface area contributed by atoms with Gasteiger partial charge in [-0.2, -0.15) is 26.3 Å². The second-order valence-corrected chi connectivity index (χ2v) is 5.44. The molecule has 21 heavy (non-hydrogen) atoms. The van der Waals surface area contributed by atoms with Crippen molar-refractivity contribution in [3.05, 3.63) is 12.2 Å². The lowest BCUT2D eigenvalue weighted by Gasteiger charge is -2.31. The van der Waals surface area contributed by atoms with E-state index >= 15 is 0 Å². The second kappa shape index (κ2) is 5.83. The summed E-state index contributed by atoms with van der Waals surface area (Å²) in [5.41, 5.74) is -1.23. The van der Waals surface area contributed by atoms with Crippen LogP contribution in [-0.2, 0) is 19.6 Å². The van der Waals surface area contributed by atoms with Crippen LogP contribution in [0.5, 0.6) is 0 Å². The maximum atomic E-state index is 13.3. The zero-order valence-corrected chi connectivity index (χ0v) is 11.3. The van der Waals surface area contributed by atoms with Crippen LogP contribution in [0, 0.1) is 0 Å². The quantitative estimate of drug-likeness (QED) is 0.433. The molecule has 0 saturated heterocycles. The maximum absolute atomic E-state index is 13.3. The van der Waals surface area contributed by atoms with Gasteiger partial charge in [-0.15, -0.1) is 0 Å². The molecule has 124 valence electrons. The molecule has 0 unspecified atom stereocenters. The molecule has 0 aromatic rings. The van der Waals surface area contributed by atoms with Crippen molar-refractivity contribution in [2.75, 3.05) is 6.61 Å². The van der Waals surface area contributed by atoms with E-state index in [1.807, 2.05) is 0 Å². The Bertz CT molecular complexity index is 530. The molecule has 0 aromatic heterocycles. The van der Waals surface area contributed by atoms with Crippen molar-refractivity contribution in [1.29, 1.82) is 0 Å². The Kier molecular flexibility index (Phi) is 5.47. The summed E-state index contributed by atoms with van der Waals surface area (Å²) in [7, 11) is -6.32. The number of nitrogens with two attached hydrogens (primary N) is 1. The first-order chi connectivity index (χ1) is 9.12. The fourth-order valence-electron chi connectivity index (χ4n) is 1.08. The minimum Gasteiger partial charge on any atom is -0.463 e. The summed E-state index contributed by atoms with van der Waals surface area (Å²) >= 11 is 0. The number of alkyl halides is 6. The highest BCUT2D eigenvalue weighted by Gasteiger charge is 2.76. The minimum absolute atomic E-state index is 0.298. The van der Waals surface area contributed by atoms with Crippen LogP contribution in [0.4, 0.5) is 26.3 Å². The monoisotopic (exact) mass is 343 g/mol. The van der Waals surface area contributed by atoms with Crippen LogP contribution in [0.1, 0.15) is 13.3 Å². The van der Waals surface area contributed by atoms with Crippen molar-refractivity contribution in [3.63, 3.8) is 0 Å². The van der Waals surface area contributed by atoms with Crippen molar-refractivity contribution >= 4 is 16.0 Å². The van der Waals surface area contributed by atoms with Gasteiger partial charge in [0, 0.05) is 12.0 Å². The lowest BCUT2D eigenvalue weighted by molar-refractivity contribution is -0.278. The van der Waals surface area contributed by atoms with Crippen molar-refractivity contribution in [2.24, 2.45) is 5.14 Å². The number of sulfonamides is 1. The normalized spacial score (nSPS) is 13.9. The fraction of sp³-hybridized carbons (Fsp3) is 0.667. The Morgan fingerprint density at radius 1 is 1.19 bits per heavy atom. The second-order valence-electron chi connectivity index (χ2n) is 3.84. The van der Waals surface area contributed by atoms with Crippen LogP contribution in [0.15, 0.2) is 12.2 Å². The van der Waals surface area contributed by atoms with Crippen LogP contribution in [0.25, 0.3) is 0 Å². The van der Waals surface area contributed by atoms with Gasteiger partial charge in [0.15, 0.2) is 0 Å². The first-order valence-corrected chi connectivity index (χ1v) is 6.67. The smallest absolute Gasteiger partial charge is 0.426 e. The standard InChI is InChI=1S/C9H11F6NO4S/c1-3-20-6(17)5(2)4-7(10,11)8(12,13)9(14,15)21(16,18)19/h2-4H2,1H3,(H2,16,18,19). The topological polar surface area (TPSA) is 86.5 Å². The molecule has 0 radical (unpaired) electrons. The predicted molar refractivity (Wildman–Crippen MR) is 58.3 cm³/mol. The third kappa shape index (κ3) is 3.67. The maximum Gasteiger partial charge on any atom is 0.426 e. The van der Waals surface area contributed by atoms with Crippen molar-refractivity contribution in [1.82, 2.24) is 0 Å². The molecule has 0 amide bonds. The van der Waals surface area contributed by atoms with Crippen molar-refractivity contribution < 1.29 is 44.3 Å². The zero-order valence-electron chi connectivity index (χ0n) is 10.5. The van der Waals surface area contributed by atoms with Gasteiger partial charge in [0.2, 0.25) is 0 Å². The van der Waals surface area contributed by atoms with E-state index in [9.17, 15) is 39.6 Å². The molecule has 0 spiro atoms. The van der Waals surface area contributed by atoms with E-state index in [4.69, 9.17) is 0 Å². The summed E-state index contributed by atoms with van der Waals surface area (Å²) in [5, 5.41) is -2.41. The largest absolute Gasteiger partial charge is 0.463 e. The number of hydrogen-bond acceptors (Lipinski definition) is 4. The third-order valence-electron chi connectivity index (χ3n) is 2.18. The van der Waals surface area contributed by atoms with Crippen LogP contribution in [-0.4, -0.2) is 38.1 Å². The highest BCUT2D eigenvalue weighted by molar-refractivity contribution is 7.90. The Hall–Kier alpha value is -1.30. The number of primary sulfonamides is 1. The van der Waals surface area contributed by atoms with Gasteiger partial charge in [-0.25, -0.2) is 18.4 Å². The number of rotatable bonds is 7. The van der Waals surface area contributed by atoms with E-state index in [1.54, 1.807) is 0 Å². The fourth-order valence-corrected chi connectivity index (χ4v) is 1.58. The molecule has 0 atom stereocenters. The first kappa shape index (κ1) is 19.7. The number of halogens is 6. The molecule has 0 aliphatic carbocycles. The molecule has 0 heterocycles. The molecule has 12 heteroatoms. The number of hydrogen-bond donors (Lipinski definition) is 1. The molecule has 0 bridgehead atoms. The van der Waals surface area contributed by atoms with Gasteiger partial charge in [-0.05, 0) is 6.92 Å². The first-order valence-electron chi connectivity index (χ1n) is 5.12. The van der Waals surface area contributed by atoms with Crippen LogP contribution >= 0.6 is 0 Å². The Balaban J connectivity index is 5.50. The summed E-state index contributed by atoms with van der Waals surface area (Å²) in [6, 6.07) is 0. The van der Waals surface area contributed by atoms with Gasteiger partial charge in [0.1, 0.15) is 0 Å². The van der Waals surface area contributed by atoms with Crippen LogP contribution < -0.4 is 5.14 Å². The van der Waals surface area contributed by atoms with Gasteiger partial charge >= 0.3 is 23.1 Å². The van der Waals surface area contributed by atoms with E-state index in [0.29, 0.717) is 0 Å². The number of carbonyl (C=O) groups is 1. The predicted octanol–water partition coefficient (Wildman–Crippen LogP) is 1.65. The van der Waals surface area contributed by atoms with Crippen molar-refractivity contribution in [2.45, 2.75) is 30.4 Å². The van der Waals surface area contributed by atoms with Gasteiger partial charge in [0.25, 0.3) is 10.0 Å². The molecule has 0 fully saturated rings. The van der Waals surface area contributed by atoms with Gasteiger partial charge in [-0.3, -0.25) is 0 Å². The molecule has 0 saturated carbocycles. The molecular weight excluding hydrogens is 332 g/mol. The van der Waals surface area contributed by atoms with Crippen LogP contribution in [0.3, 0.4) is 0 Å². The van der Waals surface area contributed by atoms with Gasteiger partial charge in [-0.1, -0.05) is 6.58 Å². The van der Waals surface area contributed by atoms with E-state index in [1.165, 1.54) is 6.92 Å². The molecule has 2 N–H and O–H groups in total. The van der Waals surface area contributed by atoms with E-state index in [2.05, 4.69) is 16.5 Å². The molecular formula is C9H11F6NO4S.